The first-order valence-electron chi connectivity index (χ1n) is 1.81. The quantitative estimate of drug-likeness (QED) is 0.494. The van der Waals surface area contributed by atoms with Crippen LogP contribution in [0.4, 0.5) is 13.2 Å². The minimum Gasteiger partial charge on any atom is -0.547 e. The predicted octanol–water partition coefficient (Wildman–Crippen LogP) is -1.34. The van der Waals surface area contributed by atoms with Crippen molar-refractivity contribution in [2.75, 3.05) is 0 Å². The molecule has 3 nitrogen and oxygen atoms in total. The molecule has 0 aromatic rings. The van der Waals surface area contributed by atoms with E-state index >= 15 is 0 Å². The molecule has 0 aliphatic rings. The van der Waals surface area contributed by atoms with Crippen molar-refractivity contribution >= 4 is 5.97 Å². The third-order valence-electron chi connectivity index (χ3n) is 0.533. The van der Waals surface area contributed by atoms with Gasteiger partial charge in [-0.1, -0.05) is 0 Å². The first-order chi connectivity index (χ1) is 3.85. The van der Waals surface area contributed by atoms with E-state index in [2.05, 4.69) is 0 Å². The van der Waals surface area contributed by atoms with Crippen molar-refractivity contribution in [3.05, 3.63) is 0 Å². The van der Waals surface area contributed by atoms with Crippen LogP contribution in [0.5, 0.6) is 0 Å². The molecule has 0 fully saturated rings. The third kappa shape index (κ3) is 2.31. The molecule has 0 heterocycles. The molecule has 0 rings (SSSR count). The highest BCUT2D eigenvalue weighted by Gasteiger charge is 2.39. The Labute approximate surface area is 47.7 Å². The van der Waals surface area contributed by atoms with Gasteiger partial charge < -0.3 is 15.0 Å². The fraction of sp³-hybridized carbons (Fsp3) is 0.667. The zero-order valence-electron chi connectivity index (χ0n) is 3.97. The molecule has 9 heavy (non-hydrogen) atoms. The van der Waals surface area contributed by atoms with E-state index in [1.165, 1.54) is 0 Å². The number of rotatable bonds is 1. The smallest absolute Gasteiger partial charge is 0.419 e. The summed E-state index contributed by atoms with van der Waals surface area (Å²) in [5.74, 6) is -2.54. The number of halogens is 3. The van der Waals surface area contributed by atoms with E-state index in [0.29, 0.717) is 0 Å². The van der Waals surface area contributed by atoms with Crippen LogP contribution in [-0.2, 0) is 4.79 Å². The SMILES string of the molecule is O=C([O-])[C@@H](O)C(F)(F)F. The topological polar surface area (TPSA) is 60.4 Å². The molecule has 0 aliphatic carbocycles. The Balaban J connectivity index is 4.04. The molecule has 0 saturated heterocycles. The van der Waals surface area contributed by atoms with Gasteiger partial charge >= 0.3 is 6.18 Å². The van der Waals surface area contributed by atoms with Gasteiger partial charge in [-0.15, -0.1) is 0 Å². The van der Waals surface area contributed by atoms with Crippen LogP contribution in [0.25, 0.3) is 0 Å². The van der Waals surface area contributed by atoms with Gasteiger partial charge in [0.25, 0.3) is 0 Å². The molecule has 0 bridgehead atoms. The van der Waals surface area contributed by atoms with Gasteiger partial charge in [-0.05, 0) is 0 Å². The first kappa shape index (κ1) is 8.22. The highest BCUT2D eigenvalue weighted by Crippen LogP contribution is 2.18. The second-order valence-corrected chi connectivity index (χ2v) is 1.26. The summed E-state index contributed by atoms with van der Waals surface area (Å²) in [6, 6.07) is 0. The number of carbonyl (C=O) groups is 1. The van der Waals surface area contributed by atoms with Gasteiger partial charge in [0.1, 0.15) is 0 Å². The van der Waals surface area contributed by atoms with Crippen LogP contribution in [0.3, 0.4) is 0 Å². The van der Waals surface area contributed by atoms with Crippen molar-refractivity contribution < 1.29 is 28.2 Å². The molecular formula is C3H2F3O3-. The normalized spacial score (nSPS) is 15.1. The number of hydrogen-bond donors (Lipinski definition) is 1. The zero-order valence-corrected chi connectivity index (χ0v) is 3.97. The summed E-state index contributed by atoms with van der Waals surface area (Å²) in [6.45, 7) is 0. The van der Waals surface area contributed by atoms with Gasteiger partial charge in [-0.25, -0.2) is 0 Å². The van der Waals surface area contributed by atoms with Crippen LogP contribution in [0.1, 0.15) is 0 Å². The largest absolute Gasteiger partial charge is 0.547 e. The van der Waals surface area contributed by atoms with Crippen molar-refractivity contribution in [1.82, 2.24) is 0 Å². The number of carbonyl (C=O) groups excluding carboxylic acids is 1. The maximum Gasteiger partial charge on any atom is 0.419 e. The highest BCUT2D eigenvalue weighted by atomic mass is 19.4. The van der Waals surface area contributed by atoms with Crippen molar-refractivity contribution in [3.63, 3.8) is 0 Å². The second-order valence-electron chi connectivity index (χ2n) is 1.26. The Morgan fingerprint density at radius 3 is 1.89 bits per heavy atom. The maximum absolute atomic E-state index is 11.0. The van der Waals surface area contributed by atoms with Crippen LogP contribution in [0.2, 0.25) is 0 Å². The molecule has 0 aliphatic heterocycles. The van der Waals surface area contributed by atoms with Gasteiger partial charge in [0.2, 0.25) is 0 Å². The molecule has 0 spiro atoms. The van der Waals surface area contributed by atoms with E-state index in [-0.39, 0.29) is 0 Å². The molecule has 54 valence electrons. The van der Waals surface area contributed by atoms with E-state index in [0.717, 1.165) is 0 Å². The molecular weight excluding hydrogens is 141 g/mol. The lowest BCUT2D eigenvalue weighted by Gasteiger charge is -2.13. The average molecular weight is 143 g/mol. The van der Waals surface area contributed by atoms with Gasteiger partial charge in [0.05, 0.1) is 5.97 Å². The third-order valence-corrected chi connectivity index (χ3v) is 0.533. The summed E-state index contributed by atoms with van der Waals surface area (Å²) in [7, 11) is 0. The fourth-order valence-electron chi connectivity index (χ4n) is 0.134. The zero-order chi connectivity index (χ0) is 7.65. The molecule has 0 amide bonds. The van der Waals surface area contributed by atoms with Crippen LogP contribution in [-0.4, -0.2) is 23.4 Å². The van der Waals surface area contributed by atoms with E-state index in [9.17, 15) is 23.1 Å². The number of carboxylic acid groups (broad SMARTS) is 1. The molecule has 0 saturated carbocycles. The predicted molar refractivity (Wildman–Crippen MR) is 17.1 cm³/mol. The standard InChI is InChI=1S/C3H3F3O3/c4-3(5,6)1(7)2(8)9/h1,7H,(H,8,9)/p-1/t1-/m1/s1. The lowest BCUT2D eigenvalue weighted by molar-refractivity contribution is -0.332. The molecule has 0 aromatic heterocycles. The lowest BCUT2D eigenvalue weighted by atomic mass is 10.4. The Bertz CT molecular complexity index is 118. The van der Waals surface area contributed by atoms with E-state index in [1.54, 1.807) is 0 Å². The van der Waals surface area contributed by atoms with E-state index < -0.39 is 18.2 Å². The molecule has 0 aromatic carbocycles. The van der Waals surface area contributed by atoms with Gasteiger partial charge in [0.15, 0.2) is 6.10 Å². The van der Waals surface area contributed by atoms with Crippen molar-refractivity contribution in [1.29, 1.82) is 0 Å². The van der Waals surface area contributed by atoms with Crippen molar-refractivity contribution in [3.8, 4) is 0 Å². The Morgan fingerprint density at radius 2 is 1.89 bits per heavy atom. The highest BCUT2D eigenvalue weighted by molar-refractivity contribution is 5.70. The van der Waals surface area contributed by atoms with Gasteiger partial charge in [-0.2, -0.15) is 13.2 Å². The number of aliphatic carboxylic acids is 1. The summed E-state index contributed by atoms with van der Waals surface area (Å²) in [5, 5.41) is 16.9. The maximum atomic E-state index is 11.0. The number of carboxylic acids is 1. The number of alkyl halides is 3. The summed E-state index contributed by atoms with van der Waals surface area (Å²) in [4.78, 5) is 9.26. The monoisotopic (exact) mass is 143 g/mol. The first-order valence-corrected chi connectivity index (χ1v) is 1.81. The van der Waals surface area contributed by atoms with E-state index in [1.807, 2.05) is 0 Å². The minimum absolute atomic E-state index is 2.54. The van der Waals surface area contributed by atoms with Crippen molar-refractivity contribution in [2.24, 2.45) is 0 Å². The fourth-order valence-corrected chi connectivity index (χ4v) is 0.134. The Kier molecular flexibility index (Phi) is 2.03. The van der Waals surface area contributed by atoms with Crippen molar-refractivity contribution in [2.45, 2.75) is 12.3 Å². The summed E-state index contributed by atoms with van der Waals surface area (Å²) in [5.41, 5.74) is 0. The number of aliphatic hydroxyl groups is 1. The van der Waals surface area contributed by atoms with Crippen LogP contribution < -0.4 is 5.11 Å². The summed E-state index contributed by atoms with van der Waals surface area (Å²) < 4.78 is 33.1. The summed E-state index contributed by atoms with van der Waals surface area (Å²) >= 11 is 0. The Morgan fingerprint density at radius 1 is 1.56 bits per heavy atom. The second kappa shape index (κ2) is 2.22. The molecule has 0 radical (unpaired) electrons. The average Bonchev–Trinajstić information content (AvgIpc) is 1.62. The van der Waals surface area contributed by atoms with Crippen LogP contribution in [0.15, 0.2) is 0 Å². The lowest BCUT2D eigenvalue weighted by Crippen LogP contribution is -2.45. The molecule has 1 atom stereocenters. The minimum atomic E-state index is -5.13. The Hall–Kier alpha value is -0.780. The number of aliphatic hydroxyl groups excluding tert-OH is 1. The van der Waals surface area contributed by atoms with Gasteiger partial charge in [0, 0.05) is 0 Å². The molecule has 0 unspecified atom stereocenters. The number of hydrogen-bond acceptors (Lipinski definition) is 3. The van der Waals surface area contributed by atoms with Gasteiger partial charge in [-0.3, -0.25) is 0 Å². The van der Waals surface area contributed by atoms with Crippen LogP contribution >= 0.6 is 0 Å². The van der Waals surface area contributed by atoms with E-state index in [4.69, 9.17) is 5.11 Å². The van der Waals surface area contributed by atoms with Crippen LogP contribution in [0, 0.1) is 0 Å². The molecule has 1 N–H and O–H groups in total. The summed E-state index contributed by atoms with van der Waals surface area (Å²) in [6.07, 6.45) is -8.50. The molecule has 6 heteroatoms.